The quantitative estimate of drug-likeness (QED) is 0.714. The number of nitrogens with one attached hydrogen (secondary N) is 1. The van der Waals surface area contributed by atoms with Crippen LogP contribution in [0.15, 0.2) is 54.6 Å². The van der Waals surface area contributed by atoms with E-state index >= 15 is 0 Å². The Morgan fingerprint density at radius 3 is 2.96 bits per heavy atom. The Kier molecular flexibility index (Phi) is 4.10. The number of aromatic nitrogens is 1. The Bertz CT molecular complexity index is 936. The van der Waals surface area contributed by atoms with Crippen molar-refractivity contribution in [2.45, 2.75) is 25.8 Å². The summed E-state index contributed by atoms with van der Waals surface area (Å²) < 4.78 is 5.05. The number of pyridine rings is 1. The molecule has 1 aliphatic carbocycles. The summed E-state index contributed by atoms with van der Waals surface area (Å²) in [7, 11) is 0. The van der Waals surface area contributed by atoms with Gasteiger partial charge in [-0.1, -0.05) is 24.3 Å². The third-order valence-electron chi connectivity index (χ3n) is 4.66. The predicted molar refractivity (Wildman–Crippen MR) is 98.8 cm³/mol. The average molecular weight is 332 g/mol. The largest absolute Gasteiger partial charge is 0.462 e. The van der Waals surface area contributed by atoms with Crippen molar-refractivity contribution >= 4 is 22.7 Å². The lowest BCUT2D eigenvalue weighted by Crippen LogP contribution is -2.08. The average Bonchev–Trinajstić information content (AvgIpc) is 3.04. The molecule has 4 nitrogen and oxygen atoms in total. The Labute approximate surface area is 146 Å². The molecule has 1 unspecified atom stereocenters. The third-order valence-corrected chi connectivity index (χ3v) is 4.66. The normalized spacial score (nSPS) is 15.8. The summed E-state index contributed by atoms with van der Waals surface area (Å²) in [5.74, 6) is 0.562. The van der Waals surface area contributed by atoms with Gasteiger partial charge in [-0.3, -0.25) is 0 Å². The number of carbonyl (C=O) groups is 1. The number of hydrogen-bond acceptors (Lipinski definition) is 4. The molecule has 0 bridgehead atoms. The number of aryl methyl sites for hydroxylation is 1. The van der Waals surface area contributed by atoms with Crippen molar-refractivity contribution in [3.8, 4) is 0 Å². The molecule has 0 amide bonds. The molecule has 2 aromatic carbocycles. The van der Waals surface area contributed by atoms with Crippen LogP contribution in [0.5, 0.6) is 0 Å². The second-order valence-electron chi connectivity index (χ2n) is 6.26. The standard InChI is InChI=1S/C21H20N2O2/c1-2-25-21(24)16-8-10-18-15(13-16)9-12-20(22-18)23-19-11-7-14-5-3-4-6-17(14)19/h3-6,8-10,12-13,19H,2,7,11H2,1H3,(H,22,23). The SMILES string of the molecule is CCOC(=O)c1ccc2nc(NC3CCc4ccccc43)ccc2c1. The molecule has 0 aliphatic heterocycles. The molecule has 4 rings (SSSR count). The molecule has 1 N–H and O–H groups in total. The van der Waals surface area contributed by atoms with Crippen LogP contribution in [0.3, 0.4) is 0 Å². The summed E-state index contributed by atoms with van der Waals surface area (Å²) in [6, 6.07) is 18.3. The topological polar surface area (TPSA) is 51.2 Å². The molecule has 1 aliphatic rings. The Morgan fingerprint density at radius 1 is 1.20 bits per heavy atom. The Hall–Kier alpha value is -2.88. The summed E-state index contributed by atoms with van der Waals surface area (Å²) >= 11 is 0. The van der Waals surface area contributed by atoms with Crippen molar-refractivity contribution in [1.82, 2.24) is 4.98 Å². The van der Waals surface area contributed by atoms with Crippen molar-refractivity contribution < 1.29 is 9.53 Å². The first kappa shape index (κ1) is 15.6. The van der Waals surface area contributed by atoms with E-state index in [-0.39, 0.29) is 5.97 Å². The number of anilines is 1. The van der Waals surface area contributed by atoms with Crippen molar-refractivity contribution in [2.24, 2.45) is 0 Å². The van der Waals surface area contributed by atoms with Crippen LogP contribution in [0.1, 0.15) is 40.9 Å². The van der Waals surface area contributed by atoms with Gasteiger partial charge < -0.3 is 10.1 Å². The summed E-state index contributed by atoms with van der Waals surface area (Å²) in [5, 5.41) is 4.48. The molecule has 0 saturated heterocycles. The molecule has 0 spiro atoms. The second-order valence-corrected chi connectivity index (χ2v) is 6.26. The van der Waals surface area contributed by atoms with E-state index in [1.54, 1.807) is 13.0 Å². The van der Waals surface area contributed by atoms with E-state index in [1.807, 2.05) is 24.3 Å². The molecule has 25 heavy (non-hydrogen) atoms. The maximum Gasteiger partial charge on any atom is 0.338 e. The maximum absolute atomic E-state index is 11.8. The number of benzene rings is 2. The second kappa shape index (κ2) is 6.55. The Morgan fingerprint density at radius 2 is 2.08 bits per heavy atom. The van der Waals surface area contributed by atoms with Gasteiger partial charge in [-0.05, 0) is 61.2 Å². The number of rotatable bonds is 4. The number of fused-ring (bicyclic) bond motifs is 2. The fraction of sp³-hybridized carbons (Fsp3) is 0.238. The van der Waals surface area contributed by atoms with Gasteiger partial charge in [0, 0.05) is 5.39 Å². The Balaban J connectivity index is 1.58. The van der Waals surface area contributed by atoms with Crippen LogP contribution in [-0.4, -0.2) is 17.6 Å². The fourth-order valence-electron chi connectivity index (χ4n) is 3.43. The first-order chi connectivity index (χ1) is 12.2. The van der Waals surface area contributed by atoms with E-state index in [4.69, 9.17) is 9.72 Å². The zero-order chi connectivity index (χ0) is 17.2. The molecule has 0 radical (unpaired) electrons. The molecule has 126 valence electrons. The van der Waals surface area contributed by atoms with Crippen LogP contribution in [0.2, 0.25) is 0 Å². The van der Waals surface area contributed by atoms with Gasteiger partial charge in [0.25, 0.3) is 0 Å². The number of nitrogens with zero attached hydrogens (tertiary/aromatic N) is 1. The number of ether oxygens (including phenoxy) is 1. The molecule has 1 atom stereocenters. The molecule has 3 aromatic rings. The molecular formula is C21H20N2O2. The molecular weight excluding hydrogens is 312 g/mol. The maximum atomic E-state index is 11.8. The van der Waals surface area contributed by atoms with Crippen LogP contribution in [0.4, 0.5) is 5.82 Å². The highest BCUT2D eigenvalue weighted by atomic mass is 16.5. The van der Waals surface area contributed by atoms with Crippen molar-refractivity contribution in [1.29, 1.82) is 0 Å². The minimum absolute atomic E-state index is 0.297. The first-order valence-electron chi connectivity index (χ1n) is 8.67. The van der Waals surface area contributed by atoms with Crippen LogP contribution >= 0.6 is 0 Å². The lowest BCUT2D eigenvalue weighted by molar-refractivity contribution is 0.0526. The summed E-state index contributed by atoms with van der Waals surface area (Å²) in [4.78, 5) is 16.5. The minimum Gasteiger partial charge on any atom is -0.462 e. The van der Waals surface area contributed by atoms with Gasteiger partial charge in [0.05, 0.1) is 23.7 Å². The van der Waals surface area contributed by atoms with Crippen LogP contribution < -0.4 is 5.32 Å². The predicted octanol–water partition coefficient (Wildman–Crippen LogP) is 4.51. The lowest BCUT2D eigenvalue weighted by Gasteiger charge is -2.15. The van der Waals surface area contributed by atoms with E-state index in [9.17, 15) is 4.79 Å². The van der Waals surface area contributed by atoms with E-state index in [0.29, 0.717) is 18.2 Å². The summed E-state index contributed by atoms with van der Waals surface area (Å²) in [6.07, 6.45) is 2.19. The molecule has 0 saturated carbocycles. The van der Waals surface area contributed by atoms with Crippen molar-refractivity contribution in [2.75, 3.05) is 11.9 Å². The minimum atomic E-state index is -0.297. The van der Waals surface area contributed by atoms with Gasteiger partial charge in [0.1, 0.15) is 5.82 Å². The van der Waals surface area contributed by atoms with Gasteiger partial charge in [-0.15, -0.1) is 0 Å². The lowest BCUT2D eigenvalue weighted by atomic mass is 10.1. The van der Waals surface area contributed by atoms with Crippen molar-refractivity contribution in [3.63, 3.8) is 0 Å². The molecule has 1 aromatic heterocycles. The molecule has 1 heterocycles. The van der Waals surface area contributed by atoms with Crippen LogP contribution in [0, 0.1) is 0 Å². The monoisotopic (exact) mass is 332 g/mol. The third kappa shape index (κ3) is 3.07. The van der Waals surface area contributed by atoms with E-state index < -0.39 is 0 Å². The van der Waals surface area contributed by atoms with Gasteiger partial charge in [0.15, 0.2) is 0 Å². The molecule has 4 heteroatoms. The van der Waals surface area contributed by atoms with E-state index in [1.165, 1.54) is 11.1 Å². The zero-order valence-electron chi connectivity index (χ0n) is 14.2. The molecule has 0 fully saturated rings. The highest BCUT2D eigenvalue weighted by molar-refractivity contribution is 5.94. The fourth-order valence-corrected chi connectivity index (χ4v) is 3.43. The highest BCUT2D eigenvalue weighted by Crippen LogP contribution is 2.33. The van der Waals surface area contributed by atoms with Crippen LogP contribution in [-0.2, 0) is 11.2 Å². The van der Waals surface area contributed by atoms with Crippen molar-refractivity contribution in [3.05, 3.63) is 71.3 Å². The smallest absolute Gasteiger partial charge is 0.338 e. The van der Waals surface area contributed by atoms with Gasteiger partial charge in [-0.25, -0.2) is 9.78 Å². The highest BCUT2D eigenvalue weighted by Gasteiger charge is 2.21. The van der Waals surface area contributed by atoms with Gasteiger partial charge in [-0.2, -0.15) is 0 Å². The van der Waals surface area contributed by atoms with E-state index in [0.717, 1.165) is 29.6 Å². The van der Waals surface area contributed by atoms with Crippen LogP contribution in [0.25, 0.3) is 10.9 Å². The van der Waals surface area contributed by atoms with Gasteiger partial charge >= 0.3 is 5.97 Å². The number of esters is 1. The van der Waals surface area contributed by atoms with E-state index in [2.05, 4.69) is 29.6 Å². The summed E-state index contributed by atoms with van der Waals surface area (Å²) in [5.41, 5.74) is 4.20. The number of carbonyl (C=O) groups excluding carboxylic acids is 1. The number of hydrogen-bond donors (Lipinski definition) is 1. The van der Waals surface area contributed by atoms with Gasteiger partial charge in [0.2, 0.25) is 0 Å². The summed E-state index contributed by atoms with van der Waals surface area (Å²) in [6.45, 7) is 2.18. The first-order valence-corrected chi connectivity index (χ1v) is 8.67. The zero-order valence-corrected chi connectivity index (χ0v) is 14.2.